The molecule has 0 spiro atoms. The molecule has 0 saturated carbocycles. The predicted octanol–water partition coefficient (Wildman–Crippen LogP) is 2.36. The van der Waals surface area contributed by atoms with Crippen LogP contribution in [0.2, 0.25) is 5.02 Å². The summed E-state index contributed by atoms with van der Waals surface area (Å²) >= 11 is 6.16. The maximum absolute atomic E-state index is 6.16. The van der Waals surface area contributed by atoms with Crippen molar-refractivity contribution in [2.75, 3.05) is 19.4 Å². The number of nitrogens with one attached hydrogen (secondary N) is 1. The zero-order valence-electron chi connectivity index (χ0n) is 8.72. The van der Waals surface area contributed by atoms with E-state index in [1.165, 1.54) is 6.42 Å². The van der Waals surface area contributed by atoms with E-state index in [0.29, 0.717) is 22.5 Å². The van der Waals surface area contributed by atoms with E-state index in [9.17, 15) is 0 Å². The summed E-state index contributed by atoms with van der Waals surface area (Å²) in [5.41, 5.74) is 7.44. The first kappa shape index (κ1) is 10.6. The minimum atomic E-state index is 0.340. The standard InChI is InChI=1S/C11H15ClN2O/c1-15-11-5-7(8(12)6-9(11)13)10-3-2-4-14-10/h5-6,10,14H,2-4,13H2,1H3/t10-/m0/s1. The predicted molar refractivity (Wildman–Crippen MR) is 62.4 cm³/mol. The SMILES string of the molecule is COc1cc([C@@H]2CCCN2)c(Cl)cc1N. The summed E-state index contributed by atoms with van der Waals surface area (Å²) < 4.78 is 5.19. The molecule has 1 aromatic rings. The van der Waals surface area contributed by atoms with Crippen LogP contribution < -0.4 is 15.8 Å². The van der Waals surface area contributed by atoms with E-state index in [0.717, 1.165) is 18.5 Å². The van der Waals surface area contributed by atoms with E-state index in [4.69, 9.17) is 22.1 Å². The van der Waals surface area contributed by atoms with Crippen molar-refractivity contribution in [3.05, 3.63) is 22.7 Å². The van der Waals surface area contributed by atoms with Gasteiger partial charge >= 0.3 is 0 Å². The van der Waals surface area contributed by atoms with Gasteiger partial charge in [0, 0.05) is 11.1 Å². The Hall–Kier alpha value is -0.930. The molecule has 0 aliphatic carbocycles. The van der Waals surface area contributed by atoms with Crippen molar-refractivity contribution in [1.82, 2.24) is 5.32 Å². The number of anilines is 1. The van der Waals surface area contributed by atoms with Crippen molar-refractivity contribution in [3.63, 3.8) is 0 Å². The van der Waals surface area contributed by atoms with Crippen LogP contribution in [0.1, 0.15) is 24.4 Å². The molecule has 0 aromatic heterocycles. The molecular weight excluding hydrogens is 212 g/mol. The summed E-state index contributed by atoms with van der Waals surface area (Å²) in [6.45, 7) is 1.05. The highest BCUT2D eigenvalue weighted by molar-refractivity contribution is 6.31. The average Bonchev–Trinajstić information content (AvgIpc) is 2.71. The zero-order chi connectivity index (χ0) is 10.8. The number of nitrogens with two attached hydrogens (primary N) is 1. The monoisotopic (exact) mass is 226 g/mol. The molecule has 0 bridgehead atoms. The lowest BCUT2D eigenvalue weighted by atomic mass is 10.0. The lowest BCUT2D eigenvalue weighted by Gasteiger charge is -2.15. The third-order valence-corrected chi connectivity index (χ3v) is 3.11. The second-order valence-corrected chi connectivity index (χ2v) is 4.17. The van der Waals surface area contributed by atoms with Crippen molar-refractivity contribution in [1.29, 1.82) is 0 Å². The fraction of sp³-hybridized carbons (Fsp3) is 0.455. The van der Waals surface area contributed by atoms with Gasteiger partial charge in [0.2, 0.25) is 0 Å². The molecule has 3 N–H and O–H groups in total. The van der Waals surface area contributed by atoms with Gasteiger partial charge in [-0.25, -0.2) is 0 Å². The third-order valence-electron chi connectivity index (χ3n) is 2.78. The number of methoxy groups -OCH3 is 1. The molecule has 1 fully saturated rings. The lowest BCUT2D eigenvalue weighted by molar-refractivity contribution is 0.415. The van der Waals surface area contributed by atoms with Crippen LogP contribution in [0.4, 0.5) is 5.69 Å². The van der Waals surface area contributed by atoms with Gasteiger partial charge in [0.05, 0.1) is 12.8 Å². The normalized spacial score (nSPS) is 20.5. The molecule has 82 valence electrons. The summed E-state index contributed by atoms with van der Waals surface area (Å²) in [7, 11) is 1.62. The fourth-order valence-electron chi connectivity index (χ4n) is 1.98. The number of ether oxygens (including phenoxy) is 1. The molecule has 1 saturated heterocycles. The van der Waals surface area contributed by atoms with Crippen LogP contribution in [-0.2, 0) is 0 Å². The van der Waals surface area contributed by atoms with E-state index < -0.39 is 0 Å². The van der Waals surface area contributed by atoms with Gasteiger partial charge in [0.25, 0.3) is 0 Å². The first-order valence-corrected chi connectivity index (χ1v) is 5.46. The van der Waals surface area contributed by atoms with Crippen LogP contribution in [0.15, 0.2) is 12.1 Å². The first-order chi connectivity index (χ1) is 7.22. The molecule has 1 aliphatic heterocycles. The quantitative estimate of drug-likeness (QED) is 0.762. The van der Waals surface area contributed by atoms with Gasteiger partial charge in [0.1, 0.15) is 5.75 Å². The summed E-state index contributed by atoms with van der Waals surface area (Å²) in [5.74, 6) is 0.697. The van der Waals surface area contributed by atoms with Gasteiger partial charge in [-0.1, -0.05) is 11.6 Å². The third kappa shape index (κ3) is 2.03. The summed E-state index contributed by atoms with van der Waals surface area (Å²) in [4.78, 5) is 0. The van der Waals surface area contributed by atoms with Crippen LogP contribution in [0.3, 0.4) is 0 Å². The Balaban J connectivity index is 2.37. The highest BCUT2D eigenvalue weighted by atomic mass is 35.5. The molecule has 1 aromatic carbocycles. The molecule has 0 radical (unpaired) electrons. The number of rotatable bonds is 2. The van der Waals surface area contributed by atoms with Crippen molar-refractivity contribution in [3.8, 4) is 5.75 Å². The average molecular weight is 227 g/mol. The Morgan fingerprint density at radius 3 is 2.93 bits per heavy atom. The van der Waals surface area contributed by atoms with Crippen molar-refractivity contribution in [2.24, 2.45) is 0 Å². The topological polar surface area (TPSA) is 47.3 Å². The molecule has 1 atom stereocenters. The van der Waals surface area contributed by atoms with Crippen molar-refractivity contribution >= 4 is 17.3 Å². The Morgan fingerprint density at radius 2 is 2.33 bits per heavy atom. The molecule has 1 heterocycles. The van der Waals surface area contributed by atoms with Crippen LogP contribution in [0, 0.1) is 0 Å². The maximum Gasteiger partial charge on any atom is 0.142 e. The summed E-state index contributed by atoms with van der Waals surface area (Å²) in [6.07, 6.45) is 2.31. The second kappa shape index (κ2) is 4.29. The van der Waals surface area contributed by atoms with Gasteiger partial charge in [-0.05, 0) is 37.1 Å². The molecule has 0 amide bonds. The van der Waals surface area contributed by atoms with Gasteiger partial charge in [-0.2, -0.15) is 0 Å². The summed E-state index contributed by atoms with van der Waals surface area (Å²) in [6, 6.07) is 4.03. The van der Waals surface area contributed by atoms with E-state index >= 15 is 0 Å². The molecule has 1 aliphatic rings. The number of hydrogen-bond acceptors (Lipinski definition) is 3. The van der Waals surface area contributed by atoms with E-state index in [2.05, 4.69) is 5.32 Å². The zero-order valence-corrected chi connectivity index (χ0v) is 9.47. The molecule has 3 nitrogen and oxygen atoms in total. The van der Waals surface area contributed by atoms with Crippen LogP contribution in [0.25, 0.3) is 0 Å². The second-order valence-electron chi connectivity index (χ2n) is 3.76. The largest absolute Gasteiger partial charge is 0.495 e. The fourth-order valence-corrected chi connectivity index (χ4v) is 2.28. The van der Waals surface area contributed by atoms with Gasteiger partial charge in [0.15, 0.2) is 0 Å². The molecular formula is C11H15ClN2O. The number of nitrogen functional groups attached to an aromatic ring is 1. The molecule has 15 heavy (non-hydrogen) atoms. The van der Waals surface area contributed by atoms with Crippen molar-refractivity contribution < 1.29 is 4.74 Å². The lowest BCUT2D eigenvalue weighted by Crippen LogP contribution is -2.13. The molecule has 0 unspecified atom stereocenters. The number of hydrogen-bond donors (Lipinski definition) is 2. The van der Waals surface area contributed by atoms with Crippen molar-refractivity contribution in [2.45, 2.75) is 18.9 Å². The van der Waals surface area contributed by atoms with Gasteiger partial charge in [-0.15, -0.1) is 0 Å². The Morgan fingerprint density at radius 1 is 1.53 bits per heavy atom. The molecule has 4 heteroatoms. The number of benzene rings is 1. The highest BCUT2D eigenvalue weighted by Crippen LogP contribution is 2.35. The Kier molecular flexibility index (Phi) is 3.03. The Bertz CT molecular complexity index is 362. The number of halogens is 1. The van der Waals surface area contributed by atoms with Gasteiger partial charge < -0.3 is 15.8 Å². The maximum atomic E-state index is 6.16. The van der Waals surface area contributed by atoms with E-state index in [1.807, 2.05) is 6.07 Å². The minimum absolute atomic E-state index is 0.340. The summed E-state index contributed by atoms with van der Waals surface area (Å²) in [5, 5.41) is 4.12. The highest BCUT2D eigenvalue weighted by Gasteiger charge is 2.20. The van der Waals surface area contributed by atoms with Gasteiger partial charge in [-0.3, -0.25) is 0 Å². The van der Waals surface area contributed by atoms with Crippen LogP contribution in [0.5, 0.6) is 5.75 Å². The first-order valence-electron chi connectivity index (χ1n) is 5.08. The molecule has 2 rings (SSSR count). The van der Waals surface area contributed by atoms with E-state index in [1.54, 1.807) is 13.2 Å². The minimum Gasteiger partial charge on any atom is -0.495 e. The van der Waals surface area contributed by atoms with E-state index in [-0.39, 0.29) is 0 Å². The Labute approximate surface area is 94.6 Å². The smallest absolute Gasteiger partial charge is 0.142 e. The van der Waals surface area contributed by atoms with Crippen LogP contribution >= 0.6 is 11.6 Å². The van der Waals surface area contributed by atoms with Crippen LogP contribution in [-0.4, -0.2) is 13.7 Å².